The van der Waals surface area contributed by atoms with E-state index in [9.17, 15) is 4.79 Å². The minimum absolute atomic E-state index is 0.252. The first kappa shape index (κ1) is 13.6. The molecule has 0 aliphatic carbocycles. The van der Waals surface area contributed by atoms with Crippen LogP contribution in [-0.2, 0) is 11.2 Å². The molecular formula is C17H24N2O. The Morgan fingerprint density at radius 1 is 1.30 bits per heavy atom. The molecule has 3 atom stereocenters. The van der Waals surface area contributed by atoms with Crippen molar-refractivity contribution in [1.29, 1.82) is 0 Å². The zero-order chi connectivity index (χ0) is 14.1. The quantitative estimate of drug-likeness (QED) is 0.915. The molecule has 2 aliphatic heterocycles. The van der Waals surface area contributed by atoms with Crippen molar-refractivity contribution < 1.29 is 4.79 Å². The van der Waals surface area contributed by atoms with Gasteiger partial charge in [0.2, 0.25) is 5.91 Å². The van der Waals surface area contributed by atoms with Gasteiger partial charge in [-0.15, -0.1) is 0 Å². The topological polar surface area (TPSA) is 32.3 Å². The summed E-state index contributed by atoms with van der Waals surface area (Å²) in [6.45, 7) is 2.07. The van der Waals surface area contributed by atoms with Crippen LogP contribution >= 0.6 is 0 Å². The van der Waals surface area contributed by atoms with Crippen LogP contribution in [0.2, 0.25) is 0 Å². The SMILES string of the molecule is Cc1cccc(CC(=O)N(C)C2C[C@H]3CC[C@@H](C2)N3)c1. The maximum absolute atomic E-state index is 12.5. The van der Waals surface area contributed by atoms with Gasteiger partial charge < -0.3 is 10.2 Å². The molecule has 2 aliphatic rings. The van der Waals surface area contributed by atoms with Crippen LogP contribution in [0.1, 0.15) is 36.8 Å². The van der Waals surface area contributed by atoms with Gasteiger partial charge in [0, 0.05) is 25.2 Å². The Morgan fingerprint density at radius 2 is 2.00 bits per heavy atom. The molecular weight excluding hydrogens is 248 g/mol. The lowest BCUT2D eigenvalue weighted by atomic mass is 9.98. The number of carbonyl (C=O) groups is 1. The van der Waals surface area contributed by atoms with Crippen molar-refractivity contribution in [2.24, 2.45) is 0 Å². The van der Waals surface area contributed by atoms with E-state index in [0.29, 0.717) is 24.5 Å². The lowest BCUT2D eigenvalue weighted by Crippen LogP contribution is -2.49. The number of benzene rings is 1. The predicted molar refractivity (Wildman–Crippen MR) is 80.6 cm³/mol. The first-order valence-corrected chi connectivity index (χ1v) is 7.69. The normalized spacial score (nSPS) is 28.4. The van der Waals surface area contributed by atoms with E-state index in [4.69, 9.17) is 0 Å². The van der Waals surface area contributed by atoms with E-state index >= 15 is 0 Å². The molecule has 0 radical (unpaired) electrons. The summed E-state index contributed by atoms with van der Waals surface area (Å²) in [4.78, 5) is 14.5. The van der Waals surface area contributed by atoms with Gasteiger partial charge in [-0.2, -0.15) is 0 Å². The number of piperidine rings is 1. The van der Waals surface area contributed by atoms with E-state index in [-0.39, 0.29) is 5.91 Å². The fraction of sp³-hybridized carbons (Fsp3) is 0.588. The highest BCUT2D eigenvalue weighted by molar-refractivity contribution is 5.78. The first-order chi connectivity index (χ1) is 9.61. The number of aryl methyl sites for hydroxylation is 1. The smallest absolute Gasteiger partial charge is 0.226 e. The van der Waals surface area contributed by atoms with Crippen molar-refractivity contribution in [1.82, 2.24) is 10.2 Å². The van der Waals surface area contributed by atoms with E-state index in [0.717, 1.165) is 18.4 Å². The molecule has 0 saturated carbocycles. The molecule has 3 rings (SSSR count). The Labute approximate surface area is 121 Å². The van der Waals surface area contributed by atoms with Crippen molar-refractivity contribution in [2.45, 2.75) is 57.2 Å². The van der Waals surface area contributed by atoms with E-state index in [1.165, 1.54) is 18.4 Å². The number of amides is 1. The second-order valence-corrected chi connectivity index (χ2v) is 6.43. The Kier molecular flexibility index (Phi) is 3.79. The number of nitrogens with one attached hydrogen (secondary N) is 1. The fourth-order valence-electron chi connectivity index (χ4n) is 3.67. The Hall–Kier alpha value is -1.35. The average Bonchev–Trinajstić information content (AvgIpc) is 2.76. The van der Waals surface area contributed by atoms with Crippen LogP contribution in [0.4, 0.5) is 0 Å². The highest BCUT2D eigenvalue weighted by Gasteiger charge is 2.36. The lowest BCUT2D eigenvalue weighted by molar-refractivity contribution is -0.131. The molecule has 1 unspecified atom stereocenters. The molecule has 2 saturated heterocycles. The highest BCUT2D eigenvalue weighted by Crippen LogP contribution is 2.29. The lowest BCUT2D eigenvalue weighted by Gasteiger charge is -2.35. The predicted octanol–water partition coefficient (Wildman–Crippen LogP) is 2.28. The molecule has 2 bridgehead atoms. The summed E-state index contributed by atoms with van der Waals surface area (Å²) in [6.07, 6.45) is 5.32. The molecule has 0 aromatic heterocycles. The first-order valence-electron chi connectivity index (χ1n) is 7.69. The van der Waals surface area contributed by atoms with E-state index < -0.39 is 0 Å². The molecule has 20 heavy (non-hydrogen) atoms. The molecule has 3 nitrogen and oxygen atoms in total. The molecule has 2 heterocycles. The summed E-state index contributed by atoms with van der Waals surface area (Å²) < 4.78 is 0. The zero-order valence-corrected chi connectivity index (χ0v) is 12.4. The summed E-state index contributed by atoms with van der Waals surface area (Å²) in [7, 11) is 1.98. The van der Waals surface area contributed by atoms with Gasteiger partial charge in [0.1, 0.15) is 0 Å². The molecule has 0 spiro atoms. The van der Waals surface area contributed by atoms with Crippen molar-refractivity contribution in [3.8, 4) is 0 Å². The molecule has 2 fully saturated rings. The van der Waals surface area contributed by atoms with Gasteiger partial charge in [-0.05, 0) is 38.2 Å². The minimum atomic E-state index is 0.252. The summed E-state index contributed by atoms with van der Waals surface area (Å²) in [6, 6.07) is 9.94. The van der Waals surface area contributed by atoms with Crippen LogP contribution in [0.3, 0.4) is 0 Å². The minimum Gasteiger partial charge on any atom is -0.342 e. The third-order valence-corrected chi connectivity index (χ3v) is 4.83. The second kappa shape index (κ2) is 5.57. The van der Waals surface area contributed by atoms with E-state index in [1.807, 2.05) is 24.1 Å². The molecule has 1 aromatic rings. The number of carbonyl (C=O) groups excluding carboxylic acids is 1. The summed E-state index contributed by atoms with van der Waals surface area (Å²) in [5.74, 6) is 0.252. The maximum Gasteiger partial charge on any atom is 0.226 e. The van der Waals surface area contributed by atoms with Gasteiger partial charge in [0.05, 0.1) is 6.42 Å². The van der Waals surface area contributed by atoms with Crippen molar-refractivity contribution in [3.05, 3.63) is 35.4 Å². The van der Waals surface area contributed by atoms with Crippen LogP contribution in [-0.4, -0.2) is 36.0 Å². The molecule has 1 aromatic carbocycles. The van der Waals surface area contributed by atoms with E-state index in [1.54, 1.807) is 0 Å². The average molecular weight is 272 g/mol. The number of hydrogen-bond donors (Lipinski definition) is 1. The summed E-state index contributed by atoms with van der Waals surface area (Å²) in [5.41, 5.74) is 2.34. The van der Waals surface area contributed by atoms with Crippen LogP contribution in [0.15, 0.2) is 24.3 Å². The van der Waals surface area contributed by atoms with Gasteiger partial charge in [-0.25, -0.2) is 0 Å². The van der Waals surface area contributed by atoms with Gasteiger partial charge in [0.15, 0.2) is 0 Å². The molecule has 1 amide bonds. The number of rotatable bonds is 3. The maximum atomic E-state index is 12.5. The van der Waals surface area contributed by atoms with Crippen LogP contribution in [0.25, 0.3) is 0 Å². The van der Waals surface area contributed by atoms with Crippen LogP contribution < -0.4 is 5.32 Å². The third kappa shape index (κ3) is 2.88. The number of likely N-dealkylation sites (N-methyl/N-ethyl adjacent to an activating group) is 1. The second-order valence-electron chi connectivity index (χ2n) is 6.43. The Morgan fingerprint density at radius 3 is 2.65 bits per heavy atom. The number of hydrogen-bond acceptors (Lipinski definition) is 2. The monoisotopic (exact) mass is 272 g/mol. The fourth-order valence-corrected chi connectivity index (χ4v) is 3.67. The van der Waals surface area contributed by atoms with Crippen LogP contribution in [0, 0.1) is 6.92 Å². The summed E-state index contributed by atoms with van der Waals surface area (Å²) in [5, 5.41) is 3.63. The molecule has 108 valence electrons. The molecule has 3 heteroatoms. The highest BCUT2D eigenvalue weighted by atomic mass is 16.2. The Balaban J connectivity index is 1.62. The largest absolute Gasteiger partial charge is 0.342 e. The van der Waals surface area contributed by atoms with Crippen molar-refractivity contribution in [2.75, 3.05) is 7.05 Å². The van der Waals surface area contributed by atoms with Crippen molar-refractivity contribution in [3.63, 3.8) is 0 Å². The zero-order valence-electron chi connectivity index (χ0n) is 12.4. The third-order valence-electron chi connectivity index (χ3n) is 4.83. The Bertz CT molecular complexity index is 488. The standard InChI is InChI=1S/C17H24N2O/c1-12-4-3-5-13(8-12)9-17(20)19(2)16-10-14-6-7-15(11-16)18-14/h3-5,8,14-16,18H,6-7,9-11H2,1-2H3/t14-,15+,16?. The summed E-state index contributed by atoms with van der Waals surface area (Å²) >= 11 is 0. The van der Waals surface area contributed by atoms with Gasteiger partial charge in [0.25, 0.3) is 0 Å². The number of fused-ring (bicyclic) bond motifs is 2. The van der Waals surface area contributed by atoms with Gasteiger partial charge >= 0.3 is 0 Å². The van der Waals surface area contributed by atoms with Crippen LogP contribution in [0.5, 0.6) is 0 Å². The molecule has 1 N–H and O–H groups in total. The number of nitrogens with zero attached hydrogens (tertiary/aromatic N) is 1. The van der Waals surface area contributed by atoms with Gasteiger partial charge in [-0.1, -0.05) is 29.8 Å². The van der Waals surface area contributed by atoms with Crippen molar-refractivity contribution >= 4 is 5.91 Å². The van der Waals surface area contributed by atoms with Gasteiger partial charge in [-0.3, -0.25) is 4.79 Å². The van der Waals surface area contributed by atoms with E-state index in [2.05, 4.69) is 24.4 Å².